The Morgan fingerprint density at radius 3 is 2.23 bits per heavy atom. The number of carbonyl (C=O) groups excluding carboxylic acids is 2. The van der Waals surface area contributed by atoms with Crippen LogP contribution in [-0.2, 0) is 9.59 Å². The van der Waals surface area contributed by atoms with Crippen LogP contribution in [0.15, 0.2) is 24.3 Å². The van der Waals surface area contributed by atoms with Crippen molar-refractivity contribution in [1.82, 2.24) is 9.80 Å². The number of carbonyl (C=O) groups is 3. The number of rotatable bonds is 4. The third-order valence-electron chi connectivity index (χ3n) is 5.52. The molecule has 0 aliphatic carbocycles. The maximum Gasteiger partial charge on any atom is 0.308 e. The smallest absolute Gasteiger partial charge is 0.308 e. The van der Waals surface area contributed by atoms with Gasteiger partial charge in [-0.1, -0.05) is 26.0 Å². The van der Waals surface area contributed by atoms with E-state index in [9.17, 15) is 14.4 Å². The number of piperidine rings is 1. The van der Waals surface area contributed by atoms with Crippen molar-refractivity contribution >= 4 is 17.8 Å². The summed E-state index contributed by atoms with van der Waals surface area (Å²) >= 11 is 0. The molecule has 0 radical (unpaired) electrons. The second kappa shape index (κ2) is 7.48. The van der Waals surface area contributed by atoms with Gasteiger partial charge in [0, 0.05) is 37.7 Å². The third-order valence-corrected chi connectivity index (χ3v) is 5.52. The summed E-state index contributed by atoms with van der Waals surface area (Å²) in [7, 11) is 0. The minimum absolute atomic E-state index is 0.0231. The van der Waals surface area contributed by atoms with Crippen LogP contribution in [0.2, 0.25) is 0 Å². The van der Waals surface area contributed by atoms with E-state index in [4.69, 9.17) is 5.11 Å². The average molecular weight is 358 g/mol. The molecule has 0 bridgehead atoms. The minimum atomic E-state index is -0.904. The van der Waals surface area contributed by atoms with E-state index in [1.807, 2.05) is 29.2 Å². The lowest BCUT2D eigenvalue weighted by Gasteiger charge is -2.36. The number of hydrogen-bond donors (Lipinski definition) is 1. The highest BCUT2D eigenvalue weighted by Gasteiger charge is 2.39. The van der Waals surface area contributed by atoms with Gasteiger partial charge in [0.25, 0.3) is 5.91 Å². The van der Waals surface area contributed by atoms with Gasteiger partial charge in [0.1, 0.15) is 0 Å². The van der Waals surface area contributed by atoms with Crippen molar-refractivity contribution in [3.05, 3.63) is 35.4 Å². The lowest BCUT2D eigenvalue weighted by Crippen LogP contribution is -2.47. The lowest BCUT2D eigenvalue weighted by atomic mass is 10.00. The molecule has 6 heteroatoms. The Morgan fingerprint density at radius 2 is 1.73 bits per heavy atom. The molecule has 0 aromatic heterocycles. The topological polar surface area (TPSA) is 77.9 Å². The van der Waals surface area contributed by atoms with Crippen LogP contribution >= 0.6 is 0 Å². The van der Waals surface area contributed by atoms with Crippen LogP contribution in [0.5, 0.6) is 0 Å². The largest absolute Gasteiger partial charge is 0.481 e. The molecular weight excluding hydrogens is 332 g/mol. The number of nitrogens with zero attached hydrogens (tertiary/aromatic N) is 2. The molecule has 0 saturated carbocycles. The van der Waals surface area contributed by atoms with Crippen LogP contribution in [0.4, 0.5) is 0 Å². The van der Waals surface area contributed by atoms with Gasteiger partial charge in [-0.25, -0.2) is 0 Å². The highest BCUT2D eigenvalue weighted by Crippen LogP contribution is 2.26. The molecule has 1 N–H and O–H groups in total. The molecule has 2 fully saturated rings. The number of aliphatic carboxylic acids is 1. The summed E-state index contributed by atoms with van der Waals surface area (Å²) in [6.07, 6.45) is 1.50. The number of carboxylic acids is 1. The van der Waals surface area contributed by atoms with Gasteiger partial charge in [0.15, 0.2) is 0 Å². The molecule has 6 nitrogen and oxygen atoms in total. The Balaban J connectivity index is 1.57. The Kier molecular flexibility index (Phi) is 5.30. The number of likely N-dealkylation sites (tertiary alicyclic amines) is 2. The van der Waals surface area contributed by atoms with Crippen LogP contribution in [0.25, 0.3) is 0 Å². The van der Waals surface area contributed by atoms with Crippen molar-refractivity contribution in [2.45, 2.75) is 45.1 Å². The molecule has 2 heterocycles. The van der Waals surface area contributed by atoms with E-state index in [1.54, 1.807) is 4.90 Å². The van der Waals surface area contributed by atoms with E-state index >= 15 is 0 Å². The summed E-state index contributed by atoms with van der Waals surface area (Å²) in [5, 5.41) is 9.11. The average Bonchev–Trinajstić information content (AvgIpc) is 3.03. The summed E-state index contributed by atoms with van der Waals surface area (Å²) in [4.78, 5) is 39.4. The highest BCUT2D eigenvalue weighted by molar-refractivity contribution is 5.94. The molecule has 2 amide bonds. The molecule has 140 valence electrons. The van der Waals surface area contributed by atoms with Crippen molar-refractivity contribution in [2.75, 3.05) is 19.6 Å². The first-order valence-corrected chi connectivity index (χ1v) is 9.28. The van der Waals surface area contributed by atoms with E-state index < -0.39 is 11.9 Å². The van der Waals surface area contributed by atoms with Gasteiger partial charge in [-0.05, 0) is 36.5 Å². The highest BCUT2D eigenvalue weighted by atomic mass is 16.4. The molecule has 1 aromatic carbocycles. The number of carboxylic acid groups (broad SMARTS) is 1. The van der Waals surface area contributed by atoms with Crippen LogP contribution in [0, 0.1) is 5.92 Å². The van der Waals surface area contributed by atoms with Crippen LogP contribution in [0.3, 0.4) is 0 Å². The van der Waals surface area contributed by atoms with E-state index in [0.29, 0.717) is 44.0 Å². The fourth-order valence-electron chi connectivity index (χ4n) is 3.82. The molecule has 2 aliphatic heterocycles. The first-order valence-electron chi connectivity index (χ1n) is 9.28. The van der Waals surface area contributed by atoms with Crippen LogP contribution in [0.1, 0.15) is 54.9 Å². The summed E-state index contributed by atoms with van der Waals surface area (Å²) in [5.74, 6) is -1.12. The zero-order valence-corrected chi connectivity index (χ0v) is 15.4. The molecule has 26 heavy (non-hydrogen) atoms. The molecule has 1 aromatic rings. The summed E-state index contributed by atoms with van der Waals surface area (Å²) < 4.78 is 0. The lowest BCUT2D eigenvalue weighted by molar-refractivity contribution is -0.141. The quantitative estimate of drug-likeness (QED) is 0.896. The number of hydrogen-bond acceptors (Lipinski definition) is 3. The van der Waals surface area contributed by atoms with Gasteiger partial charge in [-0.3, -0.25) is 14.4 Å². The standard InChI is InChI=1S/C20H26N2O4/c1-13(2)14-3-5-15(6-4-14)19(24)21-9-7-17(8-10-21)22-12-16(20(25)26)11-18(22)23/h3-6,13,16-17H,7-12H2,1-2H3,(H,25,26). The van der Waals surface area contributed by atoms with Gasteiger partial charge in [0.05, 0.1) is 5.92 Å². The molecular formula is C20H26N2O4. The fourth-order valence-corrected chi connectivity index (χ4v) is 3.82. The molecule has 2 saturated heterocycles. The van der Waals surface area contributed by atoms with Gasteiger partial charge in [-0.15, -0.1) is 0 Å². The van der Waals surface area contributed by atoms with Crippen LogP contribution < -0.4 is 0 Å². The van der Waals surface area contributed by atoms with E-state index in [-0.39, 0.29) is 24.3 Å². The first-order chi connectivity index (χ1) is 12.4. The Morgan fingerprint density at radius 1 is 1.12 bits per heavy atom. The van der Waals surface area contributed by atoms with Gasteiger partial charge in [0.2, 0.25) is 5.91 Å². The van der Waals surface area contributed by atoms with Crippen molar-refractivity contribution in [3.63, 3.8) is 0 Å². The number of benzene rings is 1. The van der Waals surface area contributed by atoms with Gasteiger partial charge in [-0.2, -0.15) is 0 Å². The normalized spacial score (nSPS) is 21.5. The predicted octanol–water partition coefficient (Wildman–Crippen LogP) is 2.35. The molecule has 2 aliphatic rings. The van der Waals surface area contributed by atoms with Crippen molar-refractivity contribution in [2.24, 2.45) is 5.92 Å². The molecule has 1 unspecified atom stereocenters. The van der Waals surface area contributed by atoms with E-state index in [0.717, 1.165) is 0 Å². The molecule has 1 atom stereocenters. The summed E-state index contributed by atoms with van der Waals surface area (Å²) in [6.45, 7) is 5.73. The first kappa shape index (κ1) is 18.4. The monoisotopic (exact) mass is 358 g/mol. The maximum absolute atomic E-state index is 12.7. The van der Waals surface area contributed by atoms with Crippen molar-refractivity contribution in [3.8, 4) is 0 Å². The van der Waals surface area contributed by atoms with E-state index in [2.05, 4.69) is 13.8 Å². The molecule has 0 spiro atoms. The van der Waals surface area contributed by atoms with Gasteiger partial charge < -0.3 is 14.9 Å². The Hall–Kier alpha value is -2.37. The molecule has 3 rings (SSSR count). The maximum atomic E-state index is 12.7. The van der Waals surface area contributed by atoms with Crippen molar-refractivity contribution in [1.29, 1.82) is 0 Å². The fraction of sp³-hybridized carbons (Fsp3) is 0.550. The predicted molar refractivity (Wildman–Crippen MR) is 96.9 cm³/mol. The SMILES string of the molecule is CC(C)c1ccc(C(=O)N2CCC(N3CC(C(=O)O)CC3=O)CC2)cc1. The summed E-state index contributed by atoms with van der Waals surface area (Å²) in [6, 6.07) is 7.80. The second-order valence-corrected chi connectivity index (χ2v) is 7.59. The van der Waals surface area contributed by atoms with E-state index in [1.165, 1.54) is 5.56 Å². The second-order valence-electron chi connectivity index (χ2n) is 7.59. The van der Waals surface area contributed by atoms with Gasteiger partial charge >= 0.3 is 5.97 Å². The van der Waals surface area contributed by atoms with Crippen LogP contribution in [-0.4, -0.2) is 58.4 Å². The third kappa shape index (κ3) is 3.74. The minimum Gasteiger partial charge on any atom is -0.481 e. The van der Waals surface area contributed by atoms with Crippen molar-refractivity contribution < 1.29 is 19.5 Å². The number of amides is 2. The zero-order chi connectivity index (χ0) is 18.8. The zero-order valence-electron chi connectivity index (χ0n) is 15.4. The summed E-state index contributed by atoms with van der Waals surface area (Å²) in [5.41, 5.74) is 1.90. The Bertz CT molecular complexity index is 690. The Labute approximate surface area is 153 Å².